The van der Waals surface area contributed by atoms with Crippen LogP contribution in [0.5, 0.6) is 0 Å². The van der Waals surface area contributed by atoms with Crippen molar-refractivity contribution in [1.29, 1.82) is 0 Å². The van der Waals surface area contributed by atoms with Gasteiger partial charge in [-0.05, 0) is 49.8 Å². The van der Waals surface area contributed by atoms with E-state index in [-0.39, 0.29) is 24.2 Å². The third-order valence-corrected chi connectivity index (χ3v) is 5.25. The molecule has 1 aliphatic rings. The largest absolute Gasteiger partial charge is 0.370 e. The van der Waals surface area contributed by atoms with Crippen molar-refractivity contribution in [2.24, 2.45) is 22.2 Å². The Labute approximate surface area is 181 Å². The lowest BCUT2D eigenvalue weighted by atomic mass is 10.1. The van der Waals surface area contributed by atoms with Gasteiger partial charge in [0, 0.05) is 24.5 Å². The van der Waals surface area contributed by atoms with Crippen LogP contribution in [0.4, 0.5) is 0 Å². The molecule has 0 unspecified atom stereocenters. The van der Waals surface area contributed by atoms with E-state index in [4.69, 9.17) is 28.8 Å². The van der Waals surface area contributed by atoms with Gasteiger partial charge in [0.25, 0.3) is 0 Å². The van der Waals surface area contributed by atoms with Crippen LogP contribution in [0.25, 0.3) is 0 Å². The van der Waals surface area contributed by atoms with Crippen molar-refractivity contribution in [2.45, 2.75) is 50.6 Å². The molecule has 7 N–H and O–H groups in total. The highest BCUT2D eigenvalue weighted by Crippen LogP contribution is 2.19. The molecule has 1 fully saturated rings. The van der Waals surface area contributed by atoms with E-state index < -0.39 is 18.0 Å². The molecule has 0 spiro atoms. The van der Waals surface area contributed by atoms with E-state index in [1.54, 1.807) is 12.1 Å². The molecule has 0 saturated carbocycles. The highest BCUT2D eigenvalue weighted by Gasteiger charge is 2.36. The lowest BCUT2D eigenvalue weighted by Gasteiger charge is -2.27. The number of halogens is 1. The fourth-order valence-electron chi connectivity index (χ4n) is 3.46. The summed E-state index contributed by atoms with van der Waals surface area (Å²) in [6, 6.07) is 5.84. The normalized spacial score (nSPS) is 16.7. The smallest absolute Gasteiger partial charge is 0.245 e. The molecule has 10 heteroatoms. The summed E-state index contributed by atoms with van der Waals surface area (Å²) in [6.07, 6.45) is 2.83. The van der Waals surface area contributed by atoms with Gasteiger partial charge in [-0.15, -0.1) is 0 Å². The molecule has 1 aliphatic heterocycles. The van der Waals surface area contributed by atoms with Crippen molar-refractivity contribution in [3.8, 4) is 0 Å². The van der Waals surface area contributed by atoms with Crippen molar-refractivity contribution in [3.63, 3.8) is 0 Å². The van der Waals surface area contributed by atoms with Gasteiger partial charge < -0.3 is 27.4 Å². The number of nitrogens with two attached hydrogens (primary N) is 3. The quantitative estimate of drug-likeness (QED) is 0.235. The number of likely N-dealkylation sites (tertiary alicyclic amines) is 1. The first-order valence-corrected chi connectivity index (χ1v) is 10.3. The third kappa shape index (κ3) is 7.22. The highest BCUT2D eigenvalue weighted by atomic mass is 35.5. The Morgan fingerprint density at radius 2 is 1.90 bits per heavy atom. The summed E-state index contributed by atoms with van der Waals surface area (Å²) >= 11 is 5.88. The van der Waals surface area contributed by atoms with Crippen LogP contribution in [0.3, 0.4) is 0 Å². The molecule has 9 nitrogen and oxygen atoms in total. The summed E-state index contributed by atoms with van der Waals surface area (Å²) < 4.78 is 0. The maximum absolute atomic E-state index is 13.0. The van der Waals surface area contributed by atoms with Crippen LogP contribution >= 0.6 is 11.6 Å². The average Bonchev–Trinajstić information content (AvgIpc) is 3.19. The van der Waals surface area contributed by atoms with E-state index in [1.807, 2.05) is 12.1 Å². The van der Waals surface area contributed by atoms with E-state index in [9.17, 15) is 14.4 Å². The van der Waals surface area contributed by atoms with Crippen LogP contribution in [-0.4, -0.2) is 53.8 Å². The molecule has 0 aliphatic carbocycles. The number of aliphatic imine (C=N–C) groups is 1. The van der Waals surface area contributed by atoms with Crippen LogP contribution in [0.15, 0.2) is 29.3 Å². The number of hydrogen-bond donors (Lipinski definition) is 4. The van der Waals surface area contributed by atoms with Crippen molar-refractivity contribution >= 4 is 35.3 Å². The molecule has 2 rings (SSSR count). The van der Waals surface area contributed by atoms with E-state index in [1.165, 1.54) is 4.90 Å². The standard InChI is InChI=1S/C20H29ClN6O3/c21-14-8-5-13(6-9-14)7-10-17(28)26-15(3-1-11-25-20(23)24)19(30)27-12-2-4-16(27)18(22)29/h5-6,8-9,15-16H,1-4,7,10-12H2,(H2,22,29)(H,26,28)(H4,23,24,25)/t15-,16-/m0/s1. The number of rotatable bonds is 10. The molecule has 1 aromatic carbocycles. The maximum Gasteiger partial charge on any atom is 0.245 e. The van der Waals surface area contributed by atoms with Gasteiger partial charge in [0.2, 0.25) is 17.7 Å². The van der Waals surface area contributed by atoms with Crippen LogP contribution in [0.2, 0.25) is 5.02 Å². The zero-order valence-electron chi connectivity index (χ0n) is 16.9. The van der Waals surface area contributed by atoms with E-state index in [0.717, 1.165) is 5.56 Å². The zero-order chi connectivity index (χ0) is 22.1. The molecule has 2 atom stereocenters. The van der Waals surface area contributed by atoms with Gasteiger partial charge in [-0.1, -0.05) is 23.7 Å². The predicted octanol–water partition coefficient (Wildman–Crippen LogP) is 0.287. The number of guanidine groups is 1. The summed E-state index contributed by atoms with van der Waals surface area (Å²) in [5, 5.41) is 3.43. The maximum atomic E-state index is 13.0. The van der Waals surface area contributed by atoms with Gasteiger partial charge in [0.05, 0.1) is 0 Å². The number of carbonyl (C=O) groups excluding carboxylic acids is 3. The minimum atomic E-state index is -0.767. The Hall–Kier alpha value is -2.81. The Balaban J connectivity index is 1.99. The molecule has 0 radical (unpaired) electrons. The second-order valence-corrected chi connectivity index (χ2v) is 7.72. The van der Waals surface area contributed by atoms with E-state index >= 15 is 0 Å². The Morgan fingerprint density at radius 1 is 1.20 bits per heavy atom. The Kier molecular flexibility index (Phi) is 8.91. The molecular formula is C20H29ClN6O3. The number of amides is 3. The van der Waals surface area contributed by atoms with Crippen LogP contribution in [0.1, 0.15) is 37.7 Å². The second kappa shape index (κ2) is 11.4. The monoisotopic (exact) mass is 436 g/mol. The minimum absolute atomic E-state index is 0.0294. The topological polar surface area (TPSA) is 157 Å². The summed E-state index contributed by atoms with van der Waals surface area (Å²) in [6.45, 7) is 0.781. The lowest BCUT2D eigenvalue weighted by Crippen LogP contribution is -2.52. The van der Waals surface area contributed by atoms with Crippen LogP contribution < -0.4 is 22.5 Å². The molecule has 0 bridgehead atoms. The minimum Gasteiger partial charge on any atom is -0.370 e. The fraction of sp³-hybridized carbons (Fsp3) is 0.500. The number of primary amides is 1. The molecule has 3 amide bonds. The molecule has 0 aromatic heterocycles. The summed E-state index contributed by atoms with van der Waals surface area (Å²) in [7, 11) is 0. The van der Waals surface area contributed by atoms with Crippen molar-refractivity contribution in [3.05, 3.63) is 34.9 Å². The Bertz CT molecular complexity index is 779. The molecule has 1 aromatic rings. The van der Waals surface area contributed by atoms with Gasteiger partial charge in [-0.3, -0.25) is 19.4 Å². The van der Waals surface area contributed by atoms with Crippen LogP contribution in [-0.2, 0) is 20.8 Å². The summed E-state index contributed by atoms with van der Waals surface area (Å²) in [5.74, 6) is -1.12. The van der Waals surface area contributed by atoms with E-state index in [2.05, 4.69) is 10.3 Å². The predicted molar refractivity (Wildman–Crippen MR) is 116 cm³/mol. The number of hydrogen-bond acceptors (Lipinski definition) is 4. The van der Waals surface area contributed by atoms with Gasteiger partial charge >= 0.3 is 0 Å². The van der Waals surface area contributed by atoms with Crippen LogP contribution in [0, 0.1) is 0 Å². The third-order valence-electron chi connectivity index (χ3n) is 5.00. The lowest BCUT2D eigenvalue weighted by molar-refractivity contribution is -0.140. The SMILES string of the molecule is NC(=O)[C@@H]1CCCN1C(=O)[C@H](CCCN=C(N)N)NC(=O)CCc1ccc(Cl)cc1. The van der Waals surface area contributed by atoms with Crippen molar-refractivity contribution in [1.82, 2.24) is 10.2 Å². The molecule has 1 saturated heterocycles. The van der Waals surface area contributed by atoms with Gasteiger partial charge in [0.1, 0.15) is 12.1 Å². The summed E-state index contributed by atoms with van der Waals surface area (Å²) in [5.41, 5.74) is 17.1. The number of carbonyl (C=O) groups is 3. The number of nitrogens with zero attached hydrogens (tertiary/aromatic N) is 2. The average molecular weight is 437 g/mol. The molecule has 1 heterocycles. The van der Waals surface area contributed by atoms with Crippen molar-refractivity contribution < 1.29 is 14.4 Å². The second-order valence-electron chi connectivity index (χ2n) is 7.29. The molecular weight excluding hydrogens is 408 g/mol. The van der Waals surface area contributed by atoms with Gasteiger partial charge in [-0.25, -0.2) is 0 Å². The Morgan fingerprint density at radius 3 is 2.53 bits per heavy atom. The first-order chi connectivity index (χ1) is 14.3. The number of benzene rings is 1. The molecule has 164 valence electrons. The number of aryl methyl sites for hydroxylation is 1. The fourth-order valence-corrected chi connectivity index (χ4v) is 3.59. The van der Waals surface area contributed by atoms with Gasteiger partial charge in [-0.2, -0.15) is 0 Å². The first-order valence-electron chi connectivity index (χ1n) is 9.97. The summed E-state index contributed by atoms with van der Waals surface area (Å²) in [4.78, 5) is 42.6. The van der Waals surface area contributed by atoms with Crippen molar-refractivity contribution in [2.75, 3.05) is 13.1 Å². The first kappa shape index (κ1) is 23.5. The van der Waals surface area contributed by atoms with Gasteiger partial charge in [0.15, 0.2) is 5.96 Å². The van der Waals surface area contributed by atoms with E-state index in [0.29, 0.717) is 50.2 Å². The highest BCUT2D eigenvalue weighted by molar-refractivity contribution is 6.30. The zero-order valence-corrected chi connectivity index (χ0v) is 17.6. The number of nitrogens with one attached hydrogen (secondary N) is 1. The molecule has 30 heavy (non-hydrogen) atoms.